The van der Waals surface area contributed by atoms with Crippen LogP contribution in [0.5, 0.6) is 5.75 Å². The Bertz CT molecular complexity index is 721. The summed E-state index contributed by atoms with van der Waals surface area (Å²) in [6, 6.07) is 8.54. The van der Waals surface area contributed by atoms with Crippen molar-refractivity contribution in [2.75, 3.05) is 0 Å². The lowest BCUT2D eigenvalue weighted by Crippen LogP contribution is -2.17. The summed E-state index contributed by atoms with van der Waals surface area (Å²) < 4.78 is 14.3. The quantitative estimate of drug-likeness (QED) is 0.614. The monoisotopic (exact) mass is 364 g/mol. The predicted molar refractivity (Wildman–Crippen MR) is 88.4 cm³/mol. The van der Waals surface area contributed by atoms with E-state index in [4.69, 9.17) is 9.78 Å². The molecule has 1 heterocycles. The summed E-state index contributed by atoms with van der Waals surface area (Å²) >= 11 is 3.74. The van der Waals surface area contributed by atoms with Crippen LogP contribution in [-0.2, 0) is 10.5 Å². The van der Waals surface area contributed by atoms with Crippen molar-refractivity contribution >= 4 is 15.9 Å². The number of hydrogen-bond donors (Lipinski definition) is 0. The van der Waals surface area contributed by atoms with E-state index in [1.54, 1.807) is 12.1 Å². The summed E-state index contributed by atoms with van der Waals surface area (Å²) in [5.74, 6) is 0.811. The van der Waals surface area contributed by atoms with Crippen LogP contribution < -0.4 is 4.89 Å². The fourth-order valence-corrected chi connectivity index (χ4v) is 3.82. The van der Waals surface area contributed by atoms with Crippen LogP contribution in [0.25, 0.3) is 11.1 Å². The first-order valence-corrected chi connectivity index (χ1v) is 8.09. The number of fused-ring (bicyclic) bond motifs is 1. The third-order valence-electron chi connectivity index (χ3n) is 3.95. The van der Waals surface area contributed by atoms with Gasteiger partial charge in [-0.15, -0.1) is 0 Å². The van der Waals surface area contributed by atoms with Gasteiger partial charge in [-0.1, -0.05) is 26.0 Å². The number of rotatable bonds is 2. The average Bonchev–Trinajstić information content (AvgIpc) is 2.75. The van der Waals surface area contributed by atoms with Gasteiger partial charge in [-0.05, 0) is 65.0 Å². The molecule has 0 atom stereocenters. The lowest BCUT2D eigenvalue weighted by atomic mass is 9.86. The van der Waals surface area contributed by atoms with Gasteiger partial charge in [0.25, 0.3) is 0 Å². The molecule has 2 aromatic rings. The van der Waals surface area contributed by atoms with Gasteiger partial charge in [0.1, 0.15) is 11.4 Å². The zero-order chi connectivity index (χ0) is 16.1. The van der Waals surface area contributed by atoms with Gasteiger partial charge in [0, 0.05) is 15.6 Å². The highest BCUT2D eigenvalue weighted by atomic mass is 79.9. The molecule has 0 fully saturated rings. The Labute approximate surface area is 138 Å². The zero-order valence-electron chi connectivity index (χ0n) is 13.0. The van der Waals surface area contributed by atoms with Crippen molar-refractivity contribution in [2.24, 2.45) is 0 Å². The standard InChI is InChI=1S/C18H18BrFO2/c1-10(2)13-9-14-16(18(3,4)22-21-14)15(17(13)19)11-5-7-12(20)8-6-11/h5-10H,1-4H3. The van der Waals surface area contributed by atoms with Gasteiger partial charge in [-0.2, -0.15) is 4.89 Å². The van der Waals surface area contributed by atoms with E-state index in [2.05, 4.69) is 29.8 Å². The van der Waals surface area contributed by atoms with E-state index in [0.717, 1.165) is 32.5 Å². The van der Waals surface area contributed by atoms with Crippen LogP contribution in [0.2, 0.25) is 0 Å². The molecule has 0 spiro atoms. The van der Waals surface area contributed by atoms with Crippen LogP contribution in [0.3, 0.4) is 0 Å². The lowest BCUT2D eigenvalue weighted by molar-refractivity contribution is -0.260. The van der Waals surface area contributed by atoms with Crippen LogP contribution in [0.4, 0.5) is 4.39 Å². The molecule has 1 aliphatic rings. The largest absolute Gasteiger partial charge is 0.336 e. The molecule has 0 unspecified atom stereocenters. The Kier molecular flexibility index (Phi) is 3.77. The second-order valence-corrected chi connectivity index (χ2v) is 7.16. The number of halogens is 2. The Morgan fingerprint density at radius 1 is 1.14 bits per heavy atom. The number of benzene rings is 2. The van der Waals surface area contributed by atoms with Crippen LogP contribution >= 0.6 is 15.9 Å². The Balaban J connectivity index is 2.33. The summed E-state index contributed by atoms with van der Waals surface area (Å²) in [5, 5.41) is 0. The van der Waals surface area contributed by atoms with E-state index in [-0.39, 0.29) is 5.82 Å². The Morgan fingerprint density at radius 3 is 2.36 bits per heavy atom. The van der Waals surface area contributed by atoms with Crippen molar-refractivity contribution in [3.8, 4) is 16.9 Å². The number of hydrogen-bond acceptors (Lipinski definition) is 2. The van der Waals surface area contributed by atoms with Gasteiger partial charge in [0.05, 0.1) is 0 Å². The van der Waals surface area contributed by atoms with E-state index < -0.39 is 5.60 Å². The molecule has 0 aliphatic carbocycles. The zero-order valence-corrected chi connectivity index (χ0v) is 14.6. The molecule has 3 rings (SSSR count). The van der Waals surface area contributed by atoms with E-state index in [9.17, 15) is 4.39 Å². The average molecular weight is 365 g/mol. The molecule has 4 heteroatoms. The van der Waals surface area contributed by atoms with Crippen LogP contribution in [0.1, 0.15) is 44.7 Å². The molecule has 22 heavy (non-hydrogen) atoms. The topological polar surface area (TPSA) is 18.5 Å². The molecule has 1 aliphatic heterocycles. The van der Waals surface area contributed by atoms with E-state index in [1.165, 1.54) is 12.1 Å². The summed E-state index contributed by atoms with van der Waals surface area (Å²) in [6.07, 6.45) is 0. The molecule has 0 radical (unpaired) electrons. The van der Waals surface area contributed by atoms with E-state index in [1.807, 2.05) is 19.9 Å². The third kappa shape index (κ3) is 2.44. The van der Waals surface area contributed by atoms with Gasteiger partial charge < -0.3 is 4.89 Å². The Morgan fingerprint density at radius 2 is 1.77 bits per heavy atom. The van der Waals surface area contributed by atoms with Crippen molar-refractivity contribution in [3.63, 3.8) is 0 Å². The van der Waals surface area contributed by atoms with E-state index >= 15 is 0 Å². The molecule has 0 bridgehead atoms. The first-order chi connectivity index (χ1) is 10.3. The smallest absolute Gasteiger partial charge is 0.172 e. The maximum Gasteiger partial charge on any atom is 0.172 e. The van der Waals surface area contributed by atoms with Crippen molar-refractivity contribution in [2.45, 2.75) is 39.2 Å². The molecule has 0 saturated carbocycles. The SMILES string of the molecule is CC(C)c1cc2c(c(-c3ccc(F)cc3)c1Br)C(C)(C)OO2. The van der Waals surface area contributed by atoms with Crippen molar-refractivity contribution in [3.05, 3.63) is 51.7 Å². The van der Waals surface area contributed by atoms with Crippen LogP contribution in [0, 0.1) is 5.82 Å². The molecule has 0 amide bonds. The minimum Gasteiger partial charge on any atom is -0.336 e. The van der Waals surface area contributed by atoms with Gasteiger partial charge in [0.15, 0.2) is 5.75 Å². The van der Waals surface area contributed by atoms with Gasteiger partial charge in [-0.3, -0.25) is 0 Å². The second kappa shape index (κ2) is 5.36. The minimum absolute atomic E-state index is 0.247. The van der Waals surface area contributed by atoms with Crippen LogP contribution in [-0.4, -0.2) is 0 Å². The first kappa shape index (κ1) is 15.5. The molecule has 2 nitrogen and oxygen atoms in total. The van der Waals surface area contributed by atoms with E-state index in [0.29, 0.717) is 5.92 Å². The van der Waals surface area contributed by atoms with Crippen molar-refractivity contribution in [1.82, 2.24) is 0 Å². The van der Waals surface area contributed by atoms with Crippen LogP contribution in [0.15, 0.2) is 34.8 Å². The summed E-state index contributed by atoms with van der Waals surface area (Å²) in [4.78, 5) is 10.9. The van der Waals surface area contributed by atoms with Crippen molar-refractivity contribution < 1.29 is 14.2 Å². The maximum atomic E-state index is 13.3. The molecule has 116 valence electrons. The highest BCUT2D eigenvalue weighted by molar-refractivity contribution is 9.10. The Hall–Kier alpha value is -1.39. The third-order valence-corrected chi connectivity index (χ3v) is 4.81. The fraction of sp³-hybridized carbons (Fsp3) is 0.333. The predicted octanol–water partition coefficient (Wildman–Crippen LogP) is 5.94. The normalized spacial score (nSPS) is 15.8. The molecular formula is C18H18BrFO2. The first-order valence-electron chi connectivity index (χ1n) is 7.29. The highest BCUT2D eigenvalue weighted by Gasteiger charge is 2.39. The molecule has 2 aromatic carbocycles. The van der Waals surface area contributed by atoms with Crippen molar-refractivity contribution in [1.29, 1.82) is 0 Å². The molecule has 0 aromatic heterocycles. The maximum absolute atomic E-state index is 13.3. The highest BCUT2D eigenvalue weighted by Crippen LogP contribution is 2.50. The van der Waals surface area contributed by atoms with Gasteiger partial charge in [-0.25, -0.2) is 4.39 Å². The van der Waals surface area contributed by atoms with Gasteiger partial charge in [0.2, 0.25) is 0 Å². The molecular weight excluding hydrogens is 347 g/mol. The minimum atomic E-state index is -0.558. The lowest BCUT2D eigenvalue weighted by Gasteiger charge is -2.21. The summed E-state index contributed by atoms with van der Waals surface area (Å²) in [7, 11) is 0. The summed E-state index contributed by atoms with van der Waals surface area (Å²) in [5.41, 5.74) is 3.50. The fourth-order valence-electron chi connectivity index (χ4n) is 2.82. The van der Waals surface area contributed by atoms with Gasteiger partial charge >= 0.3 is 0 Å². The summed E-state index contributed by atoms with van der Waals surface area (Å²) in [6.45, 7) is 8.18. The molecule has 0 N–H and O–H groups in total. The second-order valence-electron chi connectivity index (χ2n) is 6.37. The molecule has 0 saturated heterocycles.